The molecule has 5 heteroatoms. The normalized spacial score (nSPS) is 21.4. The number of aromatic amines is 1. The zero-order chi connectivity index (χ0) is 26.3. The number of piperidine rings is 1. The smallest absolute Gasteiger partial charge is 0.237 e. The van der Waals surface area contributed by atoms with Crippen molar-refractivity contribution in [2.24, 2.45) is 4.99 Å². The SMILES string of the molecule is CCC/C=C1/CCCc2c([nH]c3cc4c(cc23)N(CC)C(=O)C42CCN(Cc3ccccc3)CC2)C1=NC. The van der Waals surface area contributed by atoms with E-state index in [1.54, 1.807) is 0 Å². The molecule has 1 fully saturated rings. The van der Waals surface area contributed by atoms with E-state index >= 15 is 0 Å². The van der Waals surface area contributed by atoms with Crippen molar-refractivity contribution in [2.45, 2.75) is 70.8 Å². The van der Waals surface area contributed by atoms with Crippen LogP contribution < -0.4 is 4.90 Å². The van der Waals surface area contributed by atoms with Crippen molar-refractivity contribution < 1.29 is 4.79 Å². The second-order valence-corrected chi connectivity index (χ2v) is 11.2. The van der Waals surface area contributed by atoms with Gasteiger partial charge >= 0.3 is 0 Å². The number of hydrogen-bond acceptors (Lipinski definition) is 3. The molecule has 0 atom stereocenters. The fraction of sp³-hybridized carbons (Fsp3) is 0.455. The van der Waals surface area contributed by atoms with Gasteiger partial charge in [-0.3, -0.25) is 14.7 Å². The number of unbranched alkanes of at least 4 members (excludes halogenated alkanes) is 1. The average molecular weight is 509 g/mol. The summed E-state index contributed by atoms with van der Waals surface area (Å²) in [5.74, 6) is 0.300. The Morgan fingerprint density at radius 2 is 1.87 bits per heavy atom. The Kier molecular flexibility index (Phi) is 6.73. The number of allylic oxidation sites excluding steroid dienone is 2. The number of amides is 1. The molecule has 1 aliphatic carbocycles. The van der Waals surface area contributed by atoms with Gasteiger partial charge in [0, 0.05) is 36.7 Å². The maximum absolute atomic E-state index is 14.0. The summed E-state index contributed by atoms with van der Waals surface area (Å²) in [5, 5.41) is 1.27. The van der Waals surface area contributed by atoms with E-state index in [0.717, 1.165) is 81.5 Å². The summed E-state index contributed by atoms with van der Waals surface area (Å²) in [6.07, 6.45) is 9.62. The molecule has 38 heavy (non-hydrogen) atoms. The van der Waals surface area contributed by atoms with Gasteiger partial charge in [-0.15, -0.1) is 0 Å². The predicted octanol–water partition coefficient (Wildman–Crippen LogP) is 6.55. The van der Waals surface area contributed by atoms with Gasteiger partial charge < -0.3 is 9.88 Å². The number of carbonyl (C=O) groups excluding carboxylic acids is 1. The van der Waals surface area contributed by atoms with Gasteiger partial charge in [0.2, 0.25) is 5.91 Å². The lowest BCUT2D eigenvalue weighted by atomic mass is 9.73. The first-order valence-corrected chi connectivity index (χ1v) is 14.5. The number of H-pyrrole nitrogens is 1. The summed E-state index contributed by atoms with van der Waals surface area (Å²) in [5.41, 5.74) is 9.49. The maximum Gasteiger partial charge on any atom is 0.237 e. The van der Waals surface area contributed by atoms with Crippen LogP contribution in [0.25, 0.3) is 10.9 Å². The van der Waals surface area contributed by atoms with Gasteiger partial charge in [0.1, 0.15) is 0 Å². The molecule has 2 aromatic carbocycles. The Hall–Kier alpha value is -3.18. The lowest BCUT2D eigenvalue weighted by Gasteiger charge is -2.38. The number of rotatable bonds is 5. The summed E-state index contributed by atoms with van der Waals surface area (Å²) >= 11 is 0. The Balaban J connectivity index is 1.38. The topological polar surface area (TPSA) is 51.7 Å². The second kappa shape index (κ2) is 10.2. The number of carbonyl (C=O) groups is 1. The van der Waals surface area contributed by atoms with Crippen LogP contribution in [-0.2, 0) is 23.2 Å². The number of aryl methyl sites for hydroxylation is 1. The molecule has 3 heterocycles. The van der Waals surface area contributed by atoms with Crippen LogP contribution in [0.4, 0.5) is 5.69 Å². The zero-order valence-corrected chi connectivity index (χ0v) is 23.1. The molecular formula is C33H40N4O. The molecule has 2 aliphatic heterocycles. The highest BCUT2D eigenvalue weighted by atomic mass is 16.2. The highest BCUT2D eigenvalue weighted by Gasteiger charge is 2.52. The first-order chi connectivity index (χ1) is 18.6. The lowest BCUT2D eigenvalue weighted by molar-refractivity contribution is -0.124. The fourth-order valence-electron chi connectivity index (χ4n) is 7.08. The van der Waals surface area contributed by atoms with Crippen molar-refractivity contribution in [1.82, 2.24) is 9.88 Å². The molecule has 6 rings (SSSR count). The van der Waals surface area contributed by atoms with Gasteiger partial charge in [0.05, 0.1) is 16.8 Å². The number of anilines is 1. The Morgan fingerprint density at radius 1 is 1.08 bits per heavy atom. The van der Waals surface area contributed by atoms with Gasteiger partial charge in [-0.1, -0.05) is 49.8 Å². The number of likely N-dealkylation sites (N-methyl/N-ethyl adjacent to an activating group) is 1. The molecule has 5 nitrogen and oxygen atoms in total. The van der Waals surface area contributed by atoms with Crippen molar-refractivity contribution in [1.29, 1.82) is 0 Å². The Morgan fingerprint density at radius 3 is 2.58 bits per heavy atom. The second-order valence-electron chi connectivity index (χ2n) is 11.2. The van der Waals surface area contributed by atoms with Crippen LogP contribution in [0.3, 0.4) is 0 Å². The van der Waals surface area contributed by atoms with E-state index < -0.39 is 5.41 Å². The summed E-state index contributed by atoms with van der Waals surface area (Å²) in [6.45, 7) is 7.88. The first-order valence-electron chi connectivity index (χ1n) is 14.5. The average Bonchev–Trinajstić information content (AvgIpc) is 3.32. The minimum absolute atomic E-state index is 0.300. The minimum atomic E-state index is -0.414. The molecule has 0 radical (unpaired) electrons. The third-order valence-corrected chi connectivity index (χ3v) is 9.08. The van der Waals surface area contributed by atoms with Crippen LogP contribution in [0.1, 0.15) is 74.8 Å². The van der Waals surface area contributed by atoms with Crippen molar-refractivity contribution in [3.8, 4) is 0 Å². The molecular weight excluding hydrogens is 468 g/mol. The van der Waals surface area contributed by atoms with Gasteiger partial charge in [0.25, 0.3) is 0 Å². The van der Waals surface area contributed by atoms with Crippen LogP contribution in [0, 0.1) is 0 Å². The van der Waals surface area contributed by atoms with Crippen molar-refractivity contribution in [3.05, 3.63) is 76.5 Å². The number of fused-ring (bicyclic) bond motifs is 5. The number of nitrogens with one attached hydrogen (secondary N) is 1. The van der Waals surface area contributed by atoms with Gasteiger partial charge in [0.15, 0.2) is 0 Å². The Labute approximate surface area is 226 Å². The minimum Gasteiger partial charge on any atom is -0.353 e. The fourth-order valence-corrected chi connectivity index (χ4v) is 7.08. The van der Waals surface area contributed by atoms with E-state index in [4.69, 9.17) is 4.99 Å². The van der Waals surface area contributed by atoms with E-state index in [-0.39, 0.29) is 0 Å². The highest BCUT2D eigenvalue weighted by molar-refractivity contribution is 6.16. The van der Waals surface area contributed by atoms with E-state index in [9.17, 15) is 4.79 Å². The van der Waals surface area contributed by atoms with Crippen LogP contribution in [0.2, 0.25) is 0 Å². The zero-order valence-electron chi connectivity index (χ0n) is 23.1. The van der Waals surface area contributed by atoms with Crippen LogP contribution in [0.15, 0.2) is 59.1 Å². The maximum atomic E-state index is 14.0. The van der Waals surface area contributed by atoms with Crippen molar-refractivity contribution in [3.63, 3.8) is 0 Å². The number of likely N-dealkylation sites (tertiary alicyclic amines) is 1. The van der Waals surface area contributed by atoms with E-state index in [1.165, 1.54) is 33.3 Å². The molecule has 1 spiro atoms. The molecule has 3 aromatic rings. The predicted molar refractivity (Wildman–Crippen MR) is 157 cm³/mol. The molecule has 0 saturated carbocycles. The van der Waals surface area contributed by atoms with Crippen LogP contribution in [-0.4, -0.2) is 48.2 Å². The summed E-state index contributed by atoms with van der Waals surface area (Å²) in [7, 11) is 1.92. The third kappa shape index (κ3) is 4.03. The molecule has 0 unspecified atom stereocenters. The van der Waals surface area contributed by atoms with E-state index in [1.807, 2.05) is 7.05 Å². The molecule has 1 N–H and O–H groups in total. The van der Waals surface area contributed by atoms with Crippen molar-refractivity contribution >= 4 is 28.2 Å². The number of nitrogens with zero attached hydrogens (tertiary/aromatic N) is 3. The standard InChI is InChI=1S/C33H40N4O/c1-4-6-13-24-14-10-15-25-26-20-29-27(21-28(26)35-31(25)30(24)34-3)33(32(38)37(29)5-2)16-18-36(19-17-33)22-23-11-8-7-9-12-23/h7-9,11-13,20-21,35H,4-6,10,14-19,22H2,1-3H3/b24-13-,34-30?. The molecule has 198 valence electrons. The highest BCUT2D eigenvalue weighted by Crippen LogP contribution is 2.50. The van der Waals surface area contributed by atoms with Gasteiger partial charge in [-0.25, -0.2) is 0 Å². The number of hydrogen-bond donors (Lipinski definition) is 1. The lowest BCUT2D eigenvalue weighted by Crippen LogP contribution is -2.48. The number of aliphatic imine (C=N–C) groups is 1. The first kappa shape index (κ1) is 25.1. The summed E-state index contributed by atoms with van der Waals surface area (Å²) in [6, 6.07) is 15.3. The van der Waals surface area contributed by atoms with Crippen molar-refractivity contribution in [2.75, 3.05) is 31.6 Å². The molecule has 1 saturated heterocycles. The number of aromatic nitrogens is 1. The quantitative estimate of drug-likeness (QED) is 0.397. The van der Waals surface area contributed by atoms with Gasteiger partial charge in [-0.2, -0.15) is 0 Å². The summed E-state index contributed by atoms with van der Waals surface area (Å²) in [4.78, 5) is 27.1. The summed E-state index contributed by atoms with van der Waals surface area (Å²) < 4.78 is 0. The largest absolute Gasteiger partial charge is 0.353 e. The van der Waals surface area contributed by atoms with Crippen LogP contribution in [0.5, 0.6) is 0 Å². The third-order valence-electron chi connectivity index (χ3n) is 9.08. The van der Waals surface area contributed by atoms with Crippen LogP contribution >= 0.6 is 0 Å². The number of benzene rings is 2. The molecule has 1 amide bonds. The molecule has 1 aromatic heterocycles. The monoisotopic (exact) mass is 508 g/mol. The Bertz CT molecular complexity index is 1410. The van der Waals surface area contributed by atoms with E-state index in [2.05, 4.69) is 77.2 Å². The molecule has 3 aliphatic rings. The molecule has 0 bridgehead atoms. The van der Waals surface area contributed by atoms with Gasteiger partial charge in [-0.05, 0) is 92.9 Å². The van der Waals surface area contributed by atoms with E-state index in [0.29, 0.717) is 12.5 Å².